The van der Waals surface area contributed by atoms with Gasteiger partial charge < -0.3 is 15.8 Å². The van der Waals surface area contributed by atoms with Gasteiger partial charge in [0.2, 0.25) is 0 Å². The summed E-state index contributed by atoms with van der Waals surface area (Å²) in [4.78, 5) is 2.46. The van der Waals surface area contributed by atoms with Crippen LogP contribution in [0.3, 0.4) is 0 Å². The second kappa shape index (κ2) is 4.17. The van der Waals surface area contributed by atoms with Gasteiger partial charge in [0.15, 0.2) is 0 Å². The maximum Gasteiger partial charge on any atom is 0.143 e. The Morgan fingerprint density at radius 1 is 1.43 bits per heavy atom. The first-order chi connectivity index (χ1) is 6.79. The number of hydrogen-bond donors (Lipinski definition) is 2. The summed E-state index contributed by atoms with van der Waals surface area (Å²) in [6.45, 7) is 3.38. The van der Waals surface area contributed by atoms with Crippen LogP contribution in [-0.4, -0.2) is 35.6 Å². The molecule has 0 spiro atoms. The van der Waals surface area contributed by atoms with Gasteiger partial charge in [-0.3, -0.25) is 0 Å². The van der Waals surface area contributed by atoms with Gasteiger partial charge >= 0.3 is 0 Å². The molecule has 4 heteroatoms. The van der Waals surface area contributed by atoms with Crippen LogP contribution in [0.2, 0.25) is 0 Å². The minimum absolute atomic E-state index is 0.271. The van der Waals surface area contributed by atoms with Gasteiger partial charge in [-0.25, -0.2) is 0 Å². The Hall–Kier alpha value is -0.770. The van der Waals surface area contributed by atoms with Gasteiger partial charge in [0.1, 0.15) is 5.84 Å². The molecule has 14 heavy (non-hydrogen) atoms. The van der Waals surface area contributed by atoms with Crippen molar-refractivity contribution in [2.75, 3.05) is 19.6 Å². The van der Waals surface area contributed by atoms with E-state index in [1.165, 1.54) is 32.4 Å². The molecule has 0 radical (unpaired) electrons. The van der Waals surface area contributed by atoms with E-state index < -0.39 is 0 Å². The lowest BCUT2D eigenvalue weighted by atomic mass is 9.97. The fourth-order valence-electron chi connectivity index (χ4n) is 2.21. The van der Waals surface area contributed by atoms with E-state index >= 15 is 0 Å². The molecule has 0 aromatic carbocycles. The zero-order valence-corrected chi connectivity index (χ0v) is 8.52. The molecule has 80 valence electrons. The number of nitrogens with two attached hydrogens (primary N) is 1. The molecular weight excluding hydrogens is 178 g/mol. The van der Waals surface area contributed by atoms with Crippen molar-refractivity contribution in [1.29, 1.82) is 0 Å². The van der Waals surface area contributed by atoms with E-state index in [0.29, 0.717) is 5.84 Å². The molecule has 3 N–H and O–H groups in total. The fraction of sp³-hybridized carbons (Fsp3) is 0.900. The predicted molar refractivity (Wildman–Crippen MR) is 55.3 cm³/mol. The Bertz CT molecular complexity index is 225. The van der Waals surface area contributed by atoms with E-state index in [0.717, 1.165) is 18.9 Å². The molecule has 1 atom stereocenters. The van der Waals surface area contributed by atoms with Crippen LogP contribution >= 0.6 is 0 Å². The molecule has 0 amide bonds. The maximum atomic E-state index is 8.61. The van der Waals surface area contributed by atoms with Gasteiger partial charge in [0.05, 0.1) is 0 Å². The second-order valence-electron chi connectivity index (χ2n) is 4.57. The number of oxime groups is 1. The summed E-state index contributed by atoms with van der Waals surface area (Å²) in [5.41, 5.74) is 5.63. The van der Waals surface area contributed by atoms with Gasteiger partial charge in [-0.2, -0.15) is 0 Å². The van der Waals surface area contributed by atoms with Crippen LogP contribution in [0.25, 0.3) is 0 Å². The summed E-state index contributed by atoms with van der Waals surface area (Å²) >= 11 is 0. The number of rotatable bonds is 3. The van der Waals surface area contributed by atoms with E-state index in [-0.39, 0.29) is 5.92 Å². The molecule has 2 fully saturated rings. The molecule has 0 aromatic heterocycles. The molecule has 0 bridgehead atoms. The van der Waals surface area contributed by atoms with Crippen molar-refractivity contribution >= 4 is 5.84 Å². The summed E-state index contributed by atoms with van der Waals surface area (Å²) in [6, 6.07) is 0. The van der Waals surface area contributed by atoms with Gasteiger partial charge in [0.25, 0.3) is 0 Å². The van der Waals surface area contributed by atoms with E-state index in [1.807, 2.05) is 0 Å². The summed E-state index contributed by atoms with van der Waals surface area (Å²) in [6.07, 6.45) is 5.03. The van der Waals surface area contributed by atoms with Crippen molar-refractivity contribution in [2.24, 2.45) is 22.7 Å². The van der Waals surface area contributed by atoms with Crippen molar-refractivity contribution in [3.8, 4) is 0 Å². The van der Waals surface area contributed by atoms with Crippen molar-refractivity contribution in [3.05, 3.63) is 0 Å². The molecule has 1 unspecified atom stereocenters. The lowest BCUT2D eigenvalue weighted by Crippen LogP contribution is -2.42. The normalized spacial score (nSPS) is 30.6. The molecular formula is C10H19N3O. The van der Waals surface area contributed by atoms with E-state index in [4.69, 9.17) is 10.9 Å². The highest BCUT2D eigenvalue weighted by Gasteiger charge is 2.28. The topological polar surface area (TPSA) is 61.9 Å². The molecule has 2 rings (SSSR count). The molecule has 1 saturated carbocycles. The fourth-order valence-corrected chi connectivity index (χ4v) is 2.21. The number of amidine groups is 1. The van der Waals surface area contributed by atoms with E-state index in [2.05, 4.69) is 10.1 Å². The third-order valence-corrected chi connectivity index (χ3v) is 3.25. The van der Waals surface area contributed by atoms with Crippen LogP contribution in [0, 0.1) is 11.8 Å². The Morgan fingerprint density at radius 3 is 2.86 bits per heavy atom. The lowest BCUT2D eigenvalue weighted by molar-refractivity contribution is 0.193. The standard InChI is InChI=1S/C10H19N3O/c11-10(12-14)9-2-1-5-13(7-9)6-8-3-4-8/h8-9,14H,1-7H2,(H2,11,12). The van der Waals surface area contributed by atoms with E-state index in [9.17, 15) is 0 Å². The average molecular weight is 197 g/mol. The van der Waals surface area contributed by atoms with Crippen LogP contribution in [0.5, 0.6) is 0 Å². The Kier molecular flexibility index (Phi) is 2.91. The van der Waals surface area contributed by atoms with Crippen molar-refractivity contribution in [1.82, 2.24) is 4.90 Å². The molecule has 4 nitrogen and oxygen atoms in total. The first-order valence-corrected chi connectivity index (χ1v) is 5.49. The highest BCUT2D eigenvalue weighted by atomic mass is 16.4. The Labute approximate surface area is 84.8 Å². The summed E-state index contributed by atoms with van der Waals surface area (Å²) in [5.74, 6) is 1.61. The minimum atomic E-state index is 0.271. The largest absolute Gasteiger partial charge is 0.409 e. The molecule has 0 aromatic rings. The lowest BCUT2D eigenvalue weighted by Gasteiger charge is -2.31. The summed E-state index contributed by atoms with van der Waals surface area (Å²) in [5, 5.41) is 11.7. The first kappa shape index (κ1) is 9.77. The third-order valence-electron chi connectivity index (χ3n) is 3.25. The number of nitrogens with zero attached hydrogens (tertiary/aromatic N) is 2. The highest BCUT2D eigenvalue weighted by Crippen LogP contribution is 2.31. The van der Waals surface area contributed by atoms with Gasteiger partial charge in [0, 0.05) is 19.0 Å². The average Bonchev–Trinajstić information content (AvgIpc) is 3.01. The monoisotopic (exact) mass is 197 g/mol. The molecule has 2 aliphatic rings. The SMILES string of the molecule is NC(=NO)C1CCCN(CC2CC2)C1. The minimum Gasteiger partial charge on any atom is -0.409 e. The van der Waals surface area contributed by atoms with E-state index in [1.54, 1.807) is 0 Å². The third kappa shape index (κ3) is 2.38. The Balaban J connectivity index is 1.83. The zero-order chi connectivity index (χ0) is 9.97. The van der Waals surface area contributed by atoms with Crippen LogP contribution < -0.4 is 5.73 Å². The first-order valence-electron chi connectivity index (χ1n) is 5.49. The van der Waals surface area contributed by atoms with Gasteiger partial charge in [-0.1, -0.05) is 5.16 Å². The van der Waals surface area contributed by atoms with Crippen LogP contribution in [0.4, 0.5) is 0 Å². The number of hydrogen-bond acceptors (Lipinski definition) is 3. The number of piperidine rings is 1. The van der Waals surface area contributed by atoms with Crippen LogP contribution in [0.1, 0.15) is 25.7 Å². The second-order valence-corrected chi connectivity index (χ2v) is 4.57. The molecule has 1 aliphatic carbocycles. The van der Waals surface area contributed by atoms with Crippen molar-refractivity contribution in [2.45, 2.75) is 25.7 Å². The predicted octanol–water partition coefficient (Wildman–Crippen LogP) is 0.855. The quantitative estimate of drug-likeness (QED) is 0.305. The van der Waals surface area contributed by atoms with Gasteiger partial charge in [-0.15, -0.1) is 0 Å². The summed E-state index contributed by atoms with van der Waals surface area (Å²) in [7, 11) is 0. The highest BCUT2D eigenvalue weighted by molar-refractivity contribution is 5.82. The van der Waals surface area contributed by atoms with Gasteiger partial charge in [-0.05, 0) is 38.1 Å². The Morgan fingerprint density at radius 2 is 2.21 bits per heavy atom. The maximum absolute atomic E-state index is 8.61. The summed E-state index contributed by atoms with van der Waals surface area (Å²) < 4.78 is 0. The zero-order valence-electron chi connectivity index (χ0n) is 8.52. The van der Waals surface area contributed by atoms with Crippen molar-refractivity contribution < 1.29 is 5.21 Å². The molecule has 1 aliphatic heterocycles. The molecule has 1 heterocycles. The number of likely N-dealkylation sites (tertiary alicyclic amines) is 1. The molecule has 1 saturated heterocycles. The van der Waals surface area contributed by atoms with Crippen LogP contribution in [0.15, 0.2) is 5.16 Å². The smallest absolute Gasteiger partial charge is 0.143 e. The van der Waals surface area contributed by atoms with Crippen molar-refractivity contribution in [3.63, 3.8) is 0 Å². The van der Waals surface area contributed by atoms with Crippen LogP contribution in [-0.2, 0) is 0 Å².